The predicted octanol–water partition coefficient (Wildman–Crippen LogP) is 5.49. The Balaban J connectivity index is 1.36. The summed E-state index contributed by atoms with van der Waals surface area (Å²) < 4.78 is 6.13. The molecule has 1 saturated carbocycles. The molecule has 3 aliphatic rings. The van der Waals surface area contributed by atoms with Gasteiger partial charge in [0.1, 0.15) is 5.75 Å². The third-order valence-corrected chi connectivity index (χ3v) is 9.24. The Morgan fingerprint density at radius 2 is 1.20 bits per heavy atom. The molecule has 0 N–H and O–H groups in total. The Bertz CT molecular complexity index is 1860. The Morgan fingerprint density at radius 3 is 1.77 bits per heavy atom. The van der Waals surface area contributed by atoms with Gasteiger partial charge in [-0.05, 0) is 61.4 Å². The van der Waals surface area contributed by atoms with Gasteiger partial charge in [0.2, 0.25) is 11.8 Å². The van der Waals surface area contributed by atoms with Crippen LogP contribution in [-0.4, -0.2) is 27.6 Å². The number of imide groups is 1. The van der Waals surface area contributed by atoms with Crippen LogP contribution >= 0.6 is 0 Å². The van der Waals surface area contributed by atoms with Crippen LogP contribution in [0.25, 0.3) is 21.8 Å². The molecule has 1 saturated heterocycles. The molecule has 0 spiro atoms. The fourth-order valence-electron chi connectivity index (χ4n) is 7.71. The van der Waals surface area contributed by atoms with E-state index < -0.39 is 22.7 Å². The lowest BCUT2D eigenvalue weighted by atomic mass is 9.64. The van der Waals surface area contributed by atoms with Crippen molar-refractivity contribution in [1.82, 2.24) is 9.97 Å². The fraction of sp³-hybridized carbons (Fsp3) is 0.182. The van der Waals surface area contributed by atoms with Gasteiger partial charge in [0.25, 0.3) is 0 Å². The zero-order valence-electron chi connectivity index (χ0n) is 21.8. The molecular formula is C33H23N3O4. The van der Waals surface area contributed by atoms with E-state index in [1.54, 1.807) is 36.7 Å². The maximum atomic E-state index is 14.4. The fourth-order valence-corrected chi connectivity index (χ4v) is 7.71. The van der Waals surface area contributed by atoms with E-state index in [-0.39, 0.29) is 17.6 Å². The van der Waals surface area contributed by atoms with E-state index in [1.807, 2.05) is 68.4 Å². The number of hydrogen-bond donors (Lipinski definition) is 0. The number of para-hydroxylation sites is 3. The molecule has 1 aliphatic heterocycles. The number of carbonyl (C=O) groups is 3. The van der Waals surface area contributed by atoms with Crippen LogP contribution in [0.4, 0.5) is 5.69 Å². The van der Waals surface area contributed by atoms with Crippen LogP contribution in [0.5, 0.6) is 11.5 Å². The molecular weight excluding hydrogens is 502 g/mol. The average molecular weight is 526 g/mol. The molecule has 2 fully saturated rings. The number of anilines is 1. The first-order valence-electron chi connectivity index (χ1n) is 13.3. The van der Waals surface area contributed by atoms with E-state index in [1.165, 1.54) is 4.90 Å². The summed E-state index contributed by atoms with van der Waals surface area (Å²) in [5.74, 6) is -1.55. The van der Waals surface area contributed by atoms with Gasteiger partial charge in [0, 0.05) is 23.2 Å². The first-order chi connectivity index (χ1) is 19.4. The molecule has 194 valence electrons. The minimum absolute atomic E-state index is 0.0957. The van der Waals surface area contributed by atoms with Gasteiger partial charge in [-0.1, -0.05) is 42.5 Å². The van der Waals surface area contributed by atoms with Gasteiger partial charge in [0.05, 0.1) is 39.4 Å². The Kier molecular flexibility index (Phi) is 4.37. The standard InChI is InChI=1S/C33H23N3O4/c1-32-23-19-12-8-16-34-27(19)28-20(13-9-17-35-28)24(23)33(2,31(32)39)26-25(32)29(37)36(30(26)38)21-14-6-7-15-22(21)40-18-10-4-3-5-11-18/h3-17,25-26H,1-2H3. The van der Waals surface area contributed by atoms with Gasteiger partial charge in [-0.15, -0.1) is 0 Å². The third-order valence-electron chi connectivity index (χ3n) is 9.24. The molecule has 2 aliphatic carbocycles. The van der Waals surface area contributed by atoms with Crippen molar-refractivity contribution in [3.63, 3.8) is 0 Å². The summed E-state index contributed by atoms with van der Waals surface area (Å²) in [6.45, 7) is 3.67. The number of benzene rings is 3. The molecule has 2 aromatic heterocycles. The number of ketones is 1. The number of amides is 2. The summed E-state index contributed by atoms with van der Waals surface area (Å²) in [7, 11) is 0. The highest BCUT2D eigenvalue weighted by molar-refractivity contribution is 6.32. The second-order valence-electron chi connectivity index (χ2n) is 11.1. The normalized spacial score (nSPS) is 26.6. The summed E-state index contributed by atoms with van der Waals surface area (Å²) >= 11 is 0. The number of pyridine rings is 2. The molecule has 0 radical (unpaired) electrons. The second-order valence-corrected chi connectivity index (χ2v) is 11.1. The highest BCUT2D eigenvalue weighted by atomic mass is 16.5. The molecule has 3 aromatic carbocycles. The van der Waals surface area contributed by atoms with Crippen molar-refractivity contribution >= 4 is 45.1 Å². The number of Topliss-reactive ketones (excluding diaryl/α,β-unsaturated/α-hetero) is 1. The summed E-state index contributed by atoms with van der Waals surface area (Å²) in [5.41, 5.74) is 0.941. The van der Waals surface area contributed by atoms with E-state index in [0.29, 0.717) is 28.2 Å². The average Bonchev–Trinajstić information content (AvgIpc) is 3.43. The van der Waals surface area contributed by atoms with Crippen LogP contribution in [0.3, 0.4) is 0 Å². The molecule has 4 atom stereocenters. The number of fused-ring (bicyclic) bond motifs is 13. The van der Waals surface area contributed by atoms with Crippen molar-refractivity contribution in [2.24, 2.45) is 11.8 Å². The molecule has 2 bridgehead atoms. The van der Waals surface area contributed by atoms with Crippen molar-refractivity contribution in [1.29, 1.82) is 0 Å². The zero-order chi connectivity index (χ0) is 27.4. The lowest BCUT2D eigenvalue weighted by Crippen LogP contribution is -2.42. The van der Waals surface area contributed by atoms with Crippen molar-refractivity contribution in [2.45, 2.75) is 24.7 Å². The van der Waals surface area contributed by atoms with Crippen LogP contribution in [0.2, 0.25) is 0 Å². The van der Waals surface area contributed by atoms with Gasteiger partial charge in [0.15, 0.2) is 11.5 Å². The van der Waals surface area contributed by atoms with Crippen LogP contribution in [0, 0.1) is 11.8 Å². The first-order valence-corrected chi connectivity index (χ1v) is 13.3. The zero-order valence-corrected chi connectivity index (χ0v) is 21.8. The first kappa shape index (κ1) is 23.0. The van der Waals surface area contributed by atoms with E-state index >= 15 is 0 Å². The molecule has 7 heteroatoms. The molecule has 3 heterocycles. The van der Waals surface area contributed by atoms with Gasteiger partial charge in [-0.2, -0.15) is 0 Å². The van der Waals surface area contributed by atoms with Crippen molar-refractivity contribution in [2.75, 3.05) is 4.90 Å². The highest BCUT2D eigenvalue weighted by Crippen LogP contribution is 2.68. The maximum Gasteiger partial charge on any atom is 0.239 e. The lowest BCUT2D eigenvalue weighted by Gasteiger charge is -2.34. The number of hydrogen-bond acceptors (Lipinski definition) is 6. The van der Waals surface area contributed by atoms with Gasteiger partial charge in [-0.25, -0.2) is 4.90 Å². The topological polar surface area (TPSA) is 89.5 Å². The molecule has 7 nitrogen and oxygen atoms in total. The van der Waals surface area contributed by atoms with Crippen molar-refractivity contribution in [3.05, 3.63) is 102 Å². The molecule has 40 heavy (non-hydrogen) atoms. The SMILES string of the molecule is CC12C(=O)C(C)(c3c1c1cccnc1c1ncccc31)C1C(=O)N(c3ccccc3Oc3ccccc3)C(=O)C12. The molecule has 5 aromatic rings. The molecule has 4 unspecified atom stereocenters. The number of nitrogens with zero attached hydrogens (tertiary/aromatic N) is 3. The summed E-state index contributed by atoms with van der Waals surface area (Å²) in [6.07, 6.45) is 3.42. The van der Waals surface area contributed by atoms with Gasteiger partial charge in [-0.3, -0.25) is 24.4 Å². The Labute approximate surface area is 229 Å². The smallest absolute Gasteiger partial charge is 0.239 e. The monoisotopic (exact) mass is 525 g/mol. The molecule has 8 rings (SSSR count). The largest absolute Gasteiger partial charge is 0.455 e. The van der Waals surface area contributed by atoms with E-state index in [9.17, 15) is 14.4 Å². The summed E-state index contributed by atoms with van der Waals surface area (Å²) in [5, 5.41) is 1.60. The predicted molar refractivity (Wildman–Crippen MR) is 149 cm³/mol. The van der Waals surface area contributed by atoms with Crippen LogP contribution in [0.15, 0.2) is 91.3 Å². The quantitative estimate of drug-likeness (QED) is 0.229. The summed E-state index contributed by atoms with van der Waals surface area (Å²) in [6, 6.07) is 23.8. The van der Waals surface area contributed by atoms with Crippen molar-refractivity contribution in [3.8, 4) is 11.5 Å². The van der Waals surface area contributed by atoms with E-state index in [0.717, 1.165) is 21.9 Å². The number of carbonyl (C=O) groups excluding carboxylic acids is 3. The van der Waals surface area contributed by atoms with Gasteiger partial charge < -0.3 is 4.74 Å². The lowest BCUT2D eigenvalue weighted by molar-refractivity contribution is -0.131. The number of rotatable bonds is 3. The van der Waals surface area contributed by atoms with Crippen LogP contribution in [0.1, 0.15) is 25.0 Å². The maximum absolute atomic E-state index is 14.4. The molecule has 2 amide bonds. The van der Waals surface area contributed by atoms with E-state index in [2.05, 4.69) is 9.97 Å². The van der Waals surface area contributed by atoms with Crippen LogP contribution in [-0.2, 0) is 25.2 Å². The Hall–Kier alpha value is -4.91. The van der Waals surface area contributed by atoms with Gasteiger partial charge >= 0.3 is 0 Å². The number of ether oxygens (including phenoxy) is 1. The minimum Gasteiger partial charge on any atom is -0.455 e. The second kappa shape index (κ2) is 7.60. The van der Waals surface area contributed by atoms with Crippen molar-refractivity contribution < 1.29 is 19.1 Å². The highest BCUT2D eigenvalue weighted by Gasteiger charge is 2.78. The van der Waals surface area contributed by atoms with E-state index in [4.69, 9.17) is 4.74 Å². The number of aromatic nitrogens is 2. The third kappa shape index (κ3) is 2.53. The summed E-state index contributed by atoms with van der Waals surface area (Å²) in [4.78, 5) is 53.7. The Morgan fingerprint density at radius 1 is 0.675 bits per heavy atom. The minimum atomic E-state index is -1.20. The van der Waals surface area contributed by atoms with Crippen LogP contribution < -0.4 is 9.64 Å².